The minimum Gasteiger partial charge on any atom is -0.261 e. The summed E-state index contributed by atoms with van der Waals surface area (Å²) in [6, 6.07) is 8.52. The SMILES string of the molecule is CCCCc1ccc(-c2cccs2)cn1. The van der Waals surface area contributed by atoms with Crippen LogP contribution in [-0.2, 0) is 6.42 Å². The summed E-state index contributed by atoms with van der Waals surface area (Å²) >= 11 is 1.76. The van der Waals surface area contributed by atoms with Crippen LogP contribution in [0.3, 0.4) is 0 Å². The third kappa shape index (κ3) is 2.66. The molecule has 0 aliphatic carbocycles. The van der Waals surface area contributed by atoms with E-state index in [4.69, 9.17) is 0 Å². The van der Waals surface area contributed by atoms with Gasteiger partial charge in [0.25, 0.3) is 0 Å². The molecule has 2 heterocycles. The number of rotatable bonds is 4. The average molecular weight is 217 g/mol. The van der Waals surface area contributed by atoms with Gasteiger partial charge in [-0.25, -0.2) is 0 Å². The molecule has 0 unspecified atom stereocenters. The molecule has 0 aliphatic rings. The fourth-order valence-electron chi connectivity index (χ4n) is 1.52. The quantitative estimate of drug-likeness (QED) is 0.749. The van der Waals surface area contributed by atoms with Gasteiger partial charge in [0.1, 0.15) is 0 Å². The van der Waals surface area contributed by atoms with Crippen LogP contribution in [0.1, 0.15) is 25.5 Å². The van der Waals surface area contributed by atoms with Crippen LogP contribution in [0, 0.1) is 0 Å². The lowest BCUT2D eigenvalue weighted by atomic mass is 10.1. The minimum absolute atomic E-state index is 1.10. The van der Waals surface area contributed by atoms with Crippen LogP contribution >= 0.6 is 11.3 Å². The van der Waals surface area contributed by atoms with E-state index < -0.39 is 0 Å². The molecule has 2 rings (SSSR count). The highest BCUT2D eigenvalue weighted by molar-refractivity contribution is 7.13. The molecule has 0 amide bonds. The molecule has 2 heteroatoms. The van der Waals surface area contributed by atoms with Crippen molar-refractivity contribution in [3.05, 3.63) is 41.5 Å². The van der Waals surface area contributed by atoms with E-state index in [-0.39, 0.29) is 0 Å². The van der Waals surface area contributed by atoms with Gasteiger partial charge in [0.2, 0.25) is 0 Å². The Morgan fingerprint density at radius 1 is 1.27 bits per heavy atom. The van der Waals surface area contributed by atoms with Crippen molar-refractivity contribution in [2.45, 2.75) is 26.2 Å². The first-order valence-electron chi connectivity index (χ1n) is 5.39. The lowest BCUT2D eigenvalue weighted by Gasteiger charge is -2.00. The molecular formula is C13H15NS. The highest BCUT2D eigenvalue weighted by atomic mass is 32.1. The maximum absolute atomic E-state index is 4.48. The highest BCUT2D eigenvalue weighted by Crippen LogP contribution is 2.23. The molecule has 0 saturated heterocycles. The van der Waals surface area contributed by atoms with E-state index in [0.29, 0.717) is 0 Å². The summed E-state index contributed by atoms with van der Waals surface area (Å²) < 4.78 is 0. The van der Waals surface area contributed by atoms with Crippen molar-refractivity contribution in [2.24, 2.45) is 0 Å². The summed E-state index contributed by atoms with van der Waals surface area (Å²) in [4.78, 5) is 5.77. The van der Waals surface area contributed by atoms with Crippen molar-refractivity contribution in [3.63, 3.8) is 0 Å². The van der Waals surface area contributed by atoms with E-state index in [1.165, 1.54) is 29.0 Å². The van der Waals surface area contributed by atoms with E-state index in [2.05, 4.69) is 41.6 Å². The van der Waals surface area contributed by atoms with Crippen molar-refractivity contribution < 1.29 is 0 Å². The second-order valence-electron chi connectivity index (χ2n) is 3.62. The van der Waals surface area contributed by atoms with Gasteiger partial charge < -0.3 is 0 Å². The monoisotopic (exact) mass is 217 g/mol. The van der Waals surface area contributed by atoms with Crippen molar-refractivity contribution >= 4 is 11.3 Å². The van der Waals surface area contributed by atoms with E-state index in [1.54, 1.807) is 11.3 Å². The van der Waals surface area contributed by atoms with Gasteiger partial charge in [0.05, 0.1) is 0 Å². The minimum atomic E-state index is 1.10. The van der Waals surface area contributed by atoms with E-state index >= 15 is 0 Å². The van der Waals surface area contributed by atoms with Gasteiger partial charge in [-0.2, -0.15) is 0 Å². The van der Waals surface area contributed by atoms with Crippen molar-refractivity contribution in [1.82, 2.24) is 4.98 Å². The predicted octanol–water partition coefficient (Wildman–Crippen LogP) is 4.15. The normalized spacial score (nSPS) is 10.5. The maximum Gasteiger partial charge on any atom is 0.0404 e. The van der Waals surface area contributed by atoms with Gasteiger partial charge in [-0.3, -0.25) is 4.98 Å². The average Bonchev–Trinajstić information content (AvgIpc) is 2.80. The van der Waals surface area contributed by atoms with E-state index in [0.717, 1.165) is 6.42 Å². The second kappa shape index (κ2) is 5.08. The zero-order chi connectivity index (χ0) is 10.5. The lowest BCUT2D eigenvalue weighted by Crippen LogP contribution is -1.89. The standard InChI is InChI=1S/C13H15NS/c1-2-3-5-12-8-7-11(10-14-12)13-6-4-9-15-13/h4,6-10H,2-3,5H2,1H3. The molecular weight excluding hydrogens is 202 g/mol. The van der Waals surface area contributed by atoms with Gasteiger partial charge in [-0.05, 0) is 30.4 Å². The van der Waals surface area contributed by atoms with Crippen molar-refractivity contribution in [3.8, 4) is 10.4 Å². The summed E-state index contributed by atoms with van der Waals surface area (Å²) in [5.41, 5.74) is 2.43. The van der Waals surface area contributed by atoms with Crippen molar-refractivity contribution in [2.75, 3.05) is 0 Å². The predicted molar refractivity (Wildman–Crippen MR) is 66.2 cm³/mol. The molecule has 0 aromatic carbocycles. The first kappa shape index (κ1) is 10.4. The van der Waals surface area contributed by atoms with Crippen LogP contribution in [0.15, 0.2) is 35.8 Å². The Hall–Kier alpha value is -1.15. The third-order valence-electron chi connectivity index (χ3n) is 2.42. The molecule has 78 valence electrons. The summed E-state index contributed by atoms with van der Waals surface area (Å²) in [6.45, 7) is 2.21. The van der Waals surface area contributed by atoms with Crippen LogP contribution in [-0.4, -0.2) is 4.98 Å². The number of hydrogen-bond acceptors (Lipinski definition) is 2. The van der Waals surface area contributed by atoms with Crippen LogP contribution in [0.4, 0.5) is 0 Å². The van der Waals surface area contributed by atoms with Gasteiger partial charge in [-0.1, -0.05) is 25.5 Å². The Bertz CT molecular complexity index is 389. The Kier molecular flexibility index (Phi) is 3.51. The molecule has 0 aliphatic heterocycles. The number of aryl methyl sites for hydroxylation is 1. The Labute approximate surface area is 94.8 Å². The molecule has 0 saturated carbocycles. The van der Waals surface area contributed by atoms with Crippen molar-refractivity contribution in [1.29, 1.82) is 0 Å². The lowest BCUT2D eigenvalue weighted by molar-refractivity contribution is 0.777. The highest BCUT2D eigenvalue weighted by Gasteiger charge is 1.99. The number of thiophene rings is 1. The topological polar surface area (TPSA) is 12.9 Å². The molecule has 15 heavy (non-hydrogen) atoms. The molecule has 2 aromatic rings. The van der Waals surface area contributed by atoms with Crippen LogP contribution in [0.25, 0.3) is 10.4 Å². The molecule has 0 N–H and O–H groups in total. The number of nitrogens with zero attached hydrogens (tertiary/aromatic N) is 1. The number of pyridine rings is 1. The molecule has 2 aromatic heterocycles. The Morgan fingerprint density at radius 3 is 2.80 bits per heavy atom. The van der Waals surface area contributed by atoms with Gasteiger partial charge in [0, 0.05) is 22.3 Å². The second-order valence-corrected chi connectivity index (χ2v) is 4.57. The number of hydrogen-bond donors (Lipinski definition) is 0. The van der Waals surface area contributed by atoms with Crippen LogP contribution in [0.5, 0.6) is 0 Å². The number of unbranched alkanes of at least 4 members (excludes halogenated alkanes) is 1. The molecule has 0 radical (unpaired) electrons. The maximum atomic E-state index is 4.48. The molecule has 1 nitrogen and oxygen atoms in total. The van der Waals surface area contributed by atoms with E-state index in [9.17, 15) is 0 Å². The van der Waals surface area contributed by atoms with Crippen LogP contribution in [0.2, 0.25) is 0 Å². The van der Waals surface area contributed by atoms with Crippen LogP contribution < -0.4 is 0 Å². The largest absolute Gasteiger partial charge is 0.261 e. The zero-order valence-electron chi connectivity index (χ0n) is 8.94. The zero-order valence-corrected chi connectivity index (χ0v) is 9.76. The first-order valence-corrected chi connectivity index (χ1v) is 6.27. The third-order valence-corrected chi connectivity index (χ3v) is 3.34. The molecule has 0 atom stereocenters. The fourth-order valence-corrected chi connectivity index (χ4v) is 2.24. The Balaban J connectivity index is 2.11. The van der Waals surface area contributed by atoms with E-state index in [1.807, 2.05) is 6.20 Å². The Morgan fingerprint density at radius 2 is 2.20 bits per heavy atom. The molecule has 0 fully saturated rings. The summed E-state index contributed by atoms with van der Waals surface area (Å²) in [7, 11) is 0. The van der Waals surface area contributed by atoms with Gasteiger partial charge >= 0.3 is 0 Å². The summed E-state index contributed by atoms with van der Waals surface area (Å²) in [5.74, 6) is 0. The first-order chi connectivity index (χ1) is 7.40. The molecule has 0 spiro atoms. The molecule has 0 bridgehead atoms. The smallest absolute Gasteiger partial charge is 0.0404 e. The summed E-state index contributed by atoms with van der Waals surface area (Å²) in [6.07, 6.45) is 5.54. The fraction of sp³-hybridized carbons (Fsp3) is 0.308. The number of aromatic nitrogens is 1. The summed E-state index contributed by atoms with van der Waals surface area (Å²) in [5, 5.41) is 2.10. The van der Waals surface area contributed by atoms with Gasteiger partial charge in [0.15, 0.2) is 0 Å². The van der Waals surface area contributed by atoms with Gasteiger partial charge in [-0.15, -0.1) is 11.3 Å².